The molecule has 1 aliphatic heterocycles. The Morgan fingerprint density at radius 3 is 2.57 bits per heavy atom. The summed E-state index contributed by atoms with van der Waals surface area (Å²) >= 11 is 0. The van der Waals surface area contributed by atoms with Crippen LogP contribution >= 0.6 is 0 Å². The number of aromatic nitrogens is 4. The average molecular weight is 314 g/mol. The second-order valence-corrected chi connectivity index (χ2v) is 5.40. The first-order valence-corrected chi connectivity index (χ1v) is 7.48. The molecule has 3 heterocycles. The van der Waals surface area contributed by atoms with Gasteiger partial charge in [-0.05, 0) is 13.0 Å². The van der Waals surface area contributed by atoms with Crippen LogP contribution in [0.15, 0.2) is 29.6 Å². The Morgan fingerprint density at radius 1 is 1.17 bits per heavy atom. The third-order valence-electron chi connectivity index (χ3n) is 3.98. The zero-order valence-corrected chi connectivity index (χ0v) is 12.9. The van der Waals surface area contributed by atoms with Crippen molar-refractivity contribution >= 4 is 11.9 Å². The molecule has 23 heavy (non-hydrogen) atoms. The van der Waals surface area contributed by atoms with Gasteiger partial charge in [-0.25, -0.2) is 15.0 Å². The number of hydrogen-bond donors (Lipinski definition) is 1. The fraction of sp³-hybridized carbons (Fsp3) is 0.400. The molecule has 0 saturated carbocycles. The first-order valence-electron chi connectivity index (χ1n) is 7.48. The minimum absolute atomic E-state index is 0.0140. The molecule has 1 N–H and O–H groups in total. The molecule has 0 unspecified atom stereocenters. The monoisotopic (exact) mass is 314 g/mol. The van der Waals surface area contributed by atoms with Gasteiger partial charge in [-0.15, -0.1) is 0 Å². The lowest BCUT2D eigenvalue weighted by Crippen LogP contribution is -2.49. The summed E-state index contributed by atoms with van der Waals surface area (Å²) in [5, 5.41) is 0. The van der Waals surface area contributed by atoms with E-state index in [1.807, 2.05) is 0 Å². The molecule has 0 aliphatic carbocycles. The summed E-state index contributed by atoms with van der Waals surface area (Å²) in [6.45, 7) is 4.28. The standard InChI is InChI=1S/C15H18N6O2/c1-11-12(18-10-19-14(11)23)9-13(22)20-5-7-21(8-6-20)15-16-3-2-4-17-15/h2-4,10H,5-9H2,1H3,(H,18,19,23). The van der Waals surface area contributed by atoms with E-state index < -0.39 is 0 Å². The number of rotatable bonds is 3. The minimum Gasteiger partial charge on any atom is -0.339 e. The second kappa shape index (κ2) is 6.55. The topological polar surface area (TPSA) is 95.1 Å². The fourth-order valence-corrected chi connectivity index (χ4v) is 2.55. The number of hydrogen-bond acceptors (Lipinski definition) is 6. The predicted octanol–water partition coefficient (Wildman–Crippen LogP) is -0.240. The van der Waals surface area contributed by atoms with Crippen molar-refractivity contribution in [2.24, 2.45) is 0 Å². The molecule has 0 bridgehead atoms. The van der Waals surface area contributed by atoms with Gasteiger partial charge < -0.3 is 14.8 Å². The van der Waals surface area contributed by atoms with Crippen LogP contribution in [0.4, 0.5) is 5.95 Å². The zero-order valence-electron chi connectivity index (χ0n) is 12.9. The van der Waals surface area contributed by atoms with E-state index in [4.69, 9.17) is 0 Å². The third kappa shape index (κ3) is 3.36. The molecule has 0 aromatic carbocycles. The van der Waals surface area contributed by atoms with Gasteiger partial charge in [0.05, 0.1) is 18.4 Å². The quantitative estimate of drug-likeness (QED) is 0.840. The fourth-order valence-electron chi connectivity index (χ4n) is 2.55. The van der Waals surface area contributed by atoms with Crippen molar-refractivity contribution in [1.82, 2.24) is 24.8 Å². The van der Waals surface area contributed by atoms with Crippen LogP contribution in [-0.4, -0.2) is 56.9 Å². The van der Waals surface area contributed by atoms with Gasteiger partial charge in [0.15, 0.2) is 0 Å². The maximum absolute atomic E-state index is 12.4. The number of nitrogens with one attached hydrogen (secondary N) is 1. The molecule has 0 atom stereocenters. The number of carbonyl (C=O) groups excluding carboxylic acids is 1. The molecular weight excluding hydrogens is 296 g/mol. The van der Waals surface area contributed by atoms with Crippen LogP contribution in [0.2, 0.25) is 0 Å². The van der Waals surface area contributed by atoms with E-state index in [0.29, 0.717) is 43.4 Å². The molecule has 2 aromatic rings. The Kier molecular flexibility index (Phi) is 4.31. The van der Waals surface area contributed by atoms with Crippen molar-refractivity contribution in [2.75, 3.05) is 31.1 Å². The molecular formula is C15H18N6O2. The highest BCUT2D eigenvalue weighted by Crippen LogP contribution is 2.11. The molecule has 1 aliphatic rings. The molecule has 0 spiro atoms. The highest BCUT2D eigenvalue weighted by atomic mass is 16.2. The van der Waals surface area contributed by atoms with Crippen molar-refractivity contribution in [3.05, 3.63) is 46.4 Å². The smallest absolute Gasteiger partial charge is 0.253 e. The van der Waals surface area contributed by atoms with Gasteiger partial charge in [0.25, 0.3) is 5.56 Å². The Labute approximate surface area is 133 Å². The lowest BCUT2D eigenvalue weighted by atomic mass is 10.1. The number of nitrogens with zero attached hydrogens (tertiary/aromatic N) is 5. The van der Waals surface area contributed by atoms with Gasteiger partial charge in [-0.3, -0.25) is 9.59 Å². The summed E-state index contributed by atoms with van der Waals surface area (Å²) in [6.07, 6.45) is 4.91. The largest absolute Gasteiger partial charge is 0.339 e. The Balaban J connectivity index is 1.60. The van der Waals surface area contributed by atoms with Crippen molar-refractivity contribution < 1.29 is 4.79 Å². The second-order valence-electron chi connectivity index (χ2n) is 5.40. The summed E-state index contributed by atoms with van der Waals surface area (Å²) in [6, 6.07) is 1.78. The normalized spacial score (nSPS) is 14.8. The highest BCUT2D eigenvalue weighted by molar-refractivity contribution is 5.78. The molecule has 0 radical (unpaired) electrons. The van der Waals surface area contributed by atoms with Crippen LogP contribution in [0.25, 0.3) is 0 Å². The molecule has 2 aromatic heterocycles. The number of anilines is 1. The predicted molar refractivity (Wildman–Crippen MR) is 84.1 cm³/mol. The van der Waals surface area contributed by atoms with Gasteiger partial charge >= 0.3 is 0 Å². The van der Waals surface area contributed by atoms with E-state index in [2.05, 4.69) is 24.8 Å². The molecule has 8 heteroatoms. The van der Waals surface area contributed by atoms with E-state index in [-0.39, 0.29) is 17.9 Å². The highest BCUT2D eigenvalue weighted by Gasteiger charge is 2.23. The Morgan fingerprint density at radius 2 is 1.87 bits per heavy atom. The van der Waals surface area contributed by atoms with Gasteiger partial charge in [0.2, 0.25) is 11.9 Å². The lowest BCUT2D eigenvalue weighted by molar-refractivity contribution is -0.130. The van der Waals surface area contributed by atoms with E-state index in [1.54, 1.807) is 30.3 Å². The number of aromatic amines is 1. The van der Waals surface area contributed by atoms with Gasteiger partial charge in [-0.1, -0.05) is 0 Å². The SMILES string of the molecule is Cc1c(CC(=O)N2CCN(c3ncccn3)CC2)nc[nH]c1=O. The summed E-state index contributed by atoms with van der Waals surface area (Å²) in [4.78, 5) is 42.9. The molecule has 3 rings (SSSR count). The number of piperazine rings is 1. The van der Waals surface area contributed by atoms with Crippen molar-refractivity contribution in [2.45, 2.75) is 13.3 Å². The Hall–Kier alpha value is -2.77. The van der Waals surface area contributed by atoms with E-state index >= 15 is 0 Å². The minimum atomic E-state index is -0.200. The van der Waals surface area contributed by atoms with Gasteiger partial charge in [0.1, 0.15) is 0 Å². The van der Waals surface area contributed by atoms with Gasteiger partial charge in [-0.2, -0.15) is 0 Å². The van der Waals surface area contributed by atoms with Crippen LogP contribution in [-0.2, 0) is 11.2 Å². The van der Waals surface area contributed by atoms with Crippen molar-refractivity contribution in [1.29, 1.82) is 0 Å². The Bertz CT molecular complexity index is 737. The first kappa shape index (κ1) is 15.1. The van der Waals surface area contributed by atoms with Crippen LogP contribution in [0, 0.1) is 6.92 Å². The maximum Gasteiger partial charge on any atom is 0.253 e. The van der Waals surface area contributed by atoms with E-state index in [0.717, 1.165) is 0 Å². The number of H-pyrrole nitrogens is 1. The van der Waals surface area contributed by atoms with Crippen molar-refractivity contribution in [3.63, 3.8) is 0 Å². The summed E-state index contributed by atoms with van der Waals surface area (Å²) in [7, 11) is 0. The zero-order chi connectivity index (χ0) is 16.2. The van der Waals surface area contributed by atoms with E-state index in [9.17, 15) is 9.59 Å². The molecule has 1 saturated heterocycles. The molecule has 1 amide bonds. The molecule has 1 fully saturated rings. The average Bonchev–Trinajstić information content (AvgIpc) is 2.60. The first-order chi connectivity index (χ1) is 11.1. The summed E-state index contributed by atoms with van der Waals surface area (Å²) < 4.78 is 0. The van der Waals surface area contributed by atoms with Crippen LogP contribution in [0.5, 0.6) is 0 Å². The van der Waals surface area contributed by atoms with Gasteiger partial charge in [0, 0.05) is 44.1 Å². The lowest BCUT2D eigenvalue weighted by Gasteiger charge is -2.34. The van der Waals surface area contributed by atoms with E-state index in [1.165, 1.54) is 6.33 Å². The number of carbonyl (C=O) groups is 1. The van der Waals surface area contributed by atoms with Crippen LogP contribution in [0.3, 0.4) is 0 Å². The maximum atomic E-state index is 12.4. The third-order valence-corrected chi connectivity index (χ3v) is 3.98. The van der Waals surface area contributed by atoms with Crippen LogP contribution < -0.4 is 10.5 Å². The summed E-state index contributed by atoms with van der Waals surface area (Å²) in [5.74, 6) is 0.673. The van der Waals surface area contributed by atoms with Crippen LogP contribution in [0.1, 0.15) is 11.3 Å². The molecule has 8 nitrogen and oxygen atoms in total. The molecule has 120 valence electrons. The summed E-state index contributed by atoms with van der Waals surface area (Å²) in [5.41, 5.74) is 0.832. The van der Waals surface area contributed by atoms with Crippen molar-refractivity contribution in [3.8, 4) is 0 Å². The number of amides is 1.